The van der Waals surface area contributed by atoms with Crippen LogP contribution in [0.25, 0.3) is 0 Å². The highest BCUT2D eigenvalue weighted by Crippen LogP contribution is 2.22. The lowest BCUT2D eigenvalue weighted by Gasteiger charge is -2.11. The molecule has 0 aliphatic rings. The van der Waals surface area contributed by atoms with Gasteiger partial charge in [-0.3, -0.25) is 4.79 Å². The monoisotopic (exact) mass is 368 g/mol. The minimum Gasteiger partial charge on any atom is -0.347 e. The third-order valence-corrected chi connectivity index (χ3v) is 4.52. The molecule has 1 amide bonds. The van der Waals surface area contributed by atoms with Gasteiger partial charge in [0.15, 0.2) is 0 Å². The van der Waals surface area contributed by atoms with Gasteiger partial charge in [0.25, 0.3) is 5.91 Å². The summed E-state index contributed by atoms with van der Waals surface area (Å²) in [5.41, 5.74) is 3.88. The van der Waals surface area contributed by atoms with Crippen molar-refractivity contribution in [3.63, 3.8) is 0 Å². The van der Waals surface area contributed by atoms with Crippen LogP contribution in [-0.2, 0) is 6.54 Å². The minimum absolute atomic E-state index is 0.139. The van der Waals surface area contributed by atoms with E-state index in [1.807, 2.05) is 26.0 Å². The number of nitrogens with zero attached hydrogens (tertiary/aromatic N) is 1. The van der Waals surface area contributed by atoms with Gasteiger partial charge in [-0.25, -0.2) is 10.8 Å². The zero-order chi connectivity index (χ0) is 15.4. The third kappa shape index (κ3) is 4.26. The van der Waals surface area contributed by atoms with Crippen molar-refractivity contribution in [1.29, 1.82) is 0 Å². The molecular weight excluding hydrogens is 352 g/mol. The molecule has 2 aromatic rings. The number of carbonyl (C=O) groups excluding carboxylic acids is 1. The number of carbonyl (C=O) groups is 1. The third-order valence-electron chi connectivity index (χ3n) is 2.90. The molecule has 0 aliphatic heterocycles. The maximum absolute atomic E-state index is 12.3. The highest BCUT2D eigenvalue weighted by Gasteiger charge is 2.12. The van der Waals surface area contributed by atoms with Crippen molar-refractivity contribution in [2.75, 3.05) is 5.43 Å². The van der Waals surface area contributed by atoms with Crippen LogP contribution in [0, 0.1) is 0 Å². The fourth-order valence-corrected chi connectivity index (χ4v) is 3.19. The van der Waals surface area contributed by atoms with E-state index >= 15 is 0 Å². The Balaban J connectivity index is 2.12. The quantitative estimate of drug-likeness (QED) is 0.558. The summed E-state index contributed by atoms with van der Waals surface area (Å²) in [5.74, 6) is 5.98. The maximum Gasteiger partial charge on any atom is 0.251 e. The van der Waals surface area contributed by atoms with Crippen molar-refractivity contribution >= 4 is 39.0 Å². The van der Waals surface area contributed by atoms with Gasteiger partial charge in [-0.2, -0.15) is 0 Å². The number of nitrogens with two attached hydrogens (primary N) is 1. The largest absolute Gasteiger partial charge is 0.347 e. The van der Waals surface area contributed by atoms with E-state index in [1.54, 1.807) is 23.5 Å². The Kier molecular flexibility index (Phi) is 5.33. The first-order chi connectivity index (χ1) is 9.99. The van der Waals surface area contributed by atoms with Gasteiger partial charge in [0.1, 0.15) is 5.82 Å². The molecule has 0 aromatic carbocycles. The Labute approximate surface area is 136 Å². The van der Waals surface area contributed by atoms with Gasteiger partial charge in [0.05, 0.1) is 10.3 Å². The van der Waals surface area contributed by atoms with Crippen LogP contribution in [-0.4, -0.2) is 10.9 Å². The number of pyridine rings is 1. The van der Waals surface area contributed by atoms with E-state index < -0.39 is 0 Å². The van der Waals surface area contributed by atoms with Gasteiger partial charge in [0, 0.05) is 16.1 Å². The lowest BCUT2D eigenvalue weighted by molar-refractivity contribution is 0.0951. The van der Waals surface area contributed by atoms with Gasteiger partial charge in [-0.1, -0.05) is 13.8 Å². The van der Waals surface area contributed by atoms with Crippen LogP contribution in [0.15, 0.2) is 28.1 Å². The molecule has 0 atom stereocenters. The molecule has 0 saturated heterocycles. The van der Waals surface area contributed by atoms with E-state index in [4.69, 9.17) is 5.84 Å². The summed E-state index contributed by atoms with van der Waals surface area (Å²) in [6, 6.07) is 7.39. The molecule has 0 saturated carbocycles. The van der Waals surface area contributed by atoms with Crippen LogP contribution in [0.4, 0.5) is 5.82 Å². The number of anilines is 1. The summed E-state index contributed by atoms with van der Waals surface area (Å²) in [6.07, 6.45) is 0. The van der Waals surface area contributed by atoms with Crippen molar-refractivity contribution in [1.82, 2.24) is 10.3 Å². The fourth-order valence-electron chi connectivity index (χ4n) is 1.77. The summed E-state index contributed by atoms with van der Waals surface area (Å²) in [7, 11) is 0. The van der Waals surface area contributed by atoms with E-state index in [1.165, 1.54) is 0 Å². The van der Waals surface area contributed by atoms with Crippen LogP contribution in [0.5, 0.6) is 0 Å². The summed E-state index contributed by atoms with van der Waals surface area (Å²) in [5, 5.41) is 2.90. The zero-order valence-electron chi connectivity index (χ0n) is 11.8. The Bertz CT molecular complexity index is 642. The standard InChI is InChI=1S/C14H17BrN4OS/c1-8(2)11-5-9(6-13(18-11)19-16)14(20)17-7-10-3-4-12(15)21-10/h3-6,8H,7,16H2,1-2H3,(H,17,20)(H,18,19). The van der Waals surface area contributed by atoms with Gasteiger partial charge in [-0.05, 0) is 46.1 Å². The maximum atomic E-state index is 12.3. The lowest BCUT2D eigenvalue weighted by atomic mass is 10.1. The van der Waals surface area contributed by atoms with Gasteiger partial charge in [0.2, 0.25) is 0 Å². The first-order valence-corrected chi connectivity index (χ1v) is 8.11. The molecule has 0 fully saturated rings. The molecule has 0 spiro atoms. The van der Waals surface area contributed by atoms with Crippen LogP contribution >= 0.6 is 27.3 Å². The van der Waals surface area contributed by atoms with E-state index in [0.29, 0.717) is 17.9 Å². The second-order valence-electron chi connectivity index (χ2n) is 4.85. The average Bonchev–Trinajstić information content (AvgIpc) is 2.89. The van der Waals surface area contributed by atoms with Gasteiger partial charge < -0.3 is 10.7 Å². The van der Waals surface area contributed by atoms with Gasteiger partial charge in [-0.15, -0.1) is 11.3 Å². The molecule has 2 rings (SSSR count). The van der Waals surface area contributed by atoms with Crippen molar-refractivity contribution < 1.29 is 4.79 Å². The Morgan fingerprint density at radius 3 is 2.76 bits per heavy atom. The van der Waals surface area contributed by atoms with Crippen molar-refractivity contribution in [2.24, 2.45) is 5.84 Å². The molecule has 0 aliphatic carbocycles. The molecule has 7 heteroatoms. The molecule has 4 N–H and O–H groups in total. The number of hydrazine groups is 1. The highest BCUT2D eigenvalue weighted by molar-refractivity contribution is 9.11. The first kappa shape index (κ1) is 15.9. The number of hydrogen-bond donors (Lipinski definition) is 3. The topological polar surface area (TPSA) is 80.0 Å². The molecule has 0 bridgehead atoms. The normalized spacial score (nSPS) is 10.7. The van der Waals surface area contributed by atoms with Crippen molar-refractivity contribution in [2.45, 2.75) is 26.3 Å². The van der Waals surface area contributed by atoms with E-state index in [-0.39, 0.29) is 11.8 Å². The van der Waals surface area contributed by atoms with Gasteiger partial charge >= 0.3 is 0 Å². The SMILES string of the molecule is CC(C)c1cc(C(=O)NCc2ccc(Br)s2)cc(NN)n1. The Morgan fingerprint density at radius 2 is 2.19 bits per heavy atom. The molecule has 112 valence electrons. The van der Waals surface area contributed by atoms with Crippen LogP contribution < -0.4 is 16.6 Å². The minimum atomic E-state index is -0.139. The predicted molar refractivity (Wildman–Crippen MR) is 89.3 cm³/mol. The summed E-state index contributed by atoms with van der Waals surface area (Å²) in [6.45, 7) is 4.54. The number of hydrogen-bond acceptors (Lipinski definition) is 5. The second kappa shape index (κ2) is 7.02. The molecule has 5 nitrogen and oxygen atoms in total. The molecule has 0 radical (unpaired) electrons. The van der Waals surface area contributed by atoms with E-state index in [0.717, 1.165) is 14.4 Å². The summed E-state index contributed by atoms with van der Waals surface area (Å²) < 4.78 is 1.05. The lowest BCUT2D eigenvalue weighted by Crippen LogP contribution is -2.23. The average molecular weight is 369 g/mol. The van der Waals surface area contributed by atoms with Crippen molar-refractivity contribution in [3.8, 4) is 0 Å². The van der Waals surface area contributed by atoms with E-state index in [9.17, 15) is 4.79 Å². The number of nitrogens with one attached hydrogen (secondary N) is 2. The molecule has 0 unspecified atom stereocenters. The Morgan fingerprint density at radius 1 is 1.43 bits per heavy atom. The zero-order valence-corrected chi connectivity index (χ0v) is 14.2. The number of amides is 1. The number of nitrogen functional groups attached to an aromatic ring is 1. The van der Waals surface area contributed by atoms with Crippen molar-refractivity contribution in [3.05, 3.63) is 44.2 Å². The number of rotatable bonds is 5. The van der Waals surface area contributed by atoms with Crippen LogP contribution in [0.2, 0.25) is 0 Å². The first-order valence-electron chi connectivity index (χ1n) is 6.50. The smallest absolute Gasteiger partial charge is 0.251 e. The predicted octanol–water partition coefficient (Wildman–Crippen LogP) is 3.24. The molecule has 2 aromatic heterocycles. The number of aromatic nitrogens is 1. The summed E-state index contributed by atoms with van der Waals surface area (Å²) in [4.78, 5) is 17.7. The molecule has 2 heterocycles. The molecular formula is C14H17BrN4OS. The van der Waals surface area contributed by atoms with E-state index in [2.05, 4.69) is 31.7 Å². The van der Waals surface area contributed by atoms with Crippen LogP contribution in [0.3, 0.4) is 0 Å². The second-order valence-corrected chi connectivity index (χ2v) is 7.40. The summed E-state index contributed by atoms with van der Waals surface area (Å²) >= 11 is 5.00. The fraction of sp³-hybridized carbons (Fsp3) is 0.286. The number of thiophene rings is 1. The Hall–Kier alpha value is -1.44. The van der Waals surface area contributed by atoms with Crippen LogP contribution in [0.1, 0.15) is 40.7 Å². The number of halogens is 1. The molecule has 21 heavy (non-hydrogen) atoms. The highest BCUT2D eigenvalue weighted by atomic mass is 79.9.